The number of benzene rings is 2. The first kappa shape index (κ1) is 25.5. The third-order valence-corrected chi connectivity index (χ3v) is 6.32. The van der Waals surface area contributed by atoms with Gasteiger partial charge in [-0.2, -0.15) is 4.80 Å². The van der Waals surface area contributed by atoms with Gasteiger partial charge in [-0.3, -0.25) is 9.59 Å². The van der Waals surface area contributed by atoms with Gasteiger partial charge in [0.05, 0.1) is 12.5 Å². The standard InChI is InChI=1S/C21H19Cl2N5O5S/c22-16-7-4-8-17(23)15(16)11-20-24-27-28(25-20)13-19(29)18(12-21(30)31)26-34(32,33)10-9-14-5-2-1-3-6-14/h1-10,18,26H,11-13H2,(H,30,31). The molecule has 0 aliphatic heterocycles. The fourth-order valence-electron chi connectivity index (χ4n) is 2.89. The Balaban J connectivity index is 1.70. The van der Waals surface area contributed by atoms with E-state index in [-0.39, 0.29) is 12.2 Å². The van der Waals surface area contributed by atoms with Crippen LogP contribution in [0.5, 0.6) is 0 Å². The van der Waals surface area contributed by atoms with Crippen LogP contribution >= 0.6 is 23.2 Å². The summed E-state index contributed by atoms with van der Waals surface area (Å²) in [6.07, 6.45) is 0.728. The smallest absolute Gasteiger partial charge is 0.305 e. The quantitative estimate of drug-likeness (QED) is 0.390. The number of halogens is 2. The third-order valence-electron chi connectivity index (χ3n) is 4.50. The van der Waals surface area contributed by atoms with E-state index >= 15 is 0 Å². The number of carboxylic acid groups (broad SMARTS) is 1. The molecule has 178 valence electrons. The Morgan fingerprint density at radius 3 is 2.41 bits per heavy atom. The lowest BCUT2D eigenvalue weighted by atomic mass is 10.1. The van der Waals surface area contributed by atoms with Crippen molar-refractivity contribution in [1.29, 1.82) is 0 Å². The Bertz CT molecular complexity index is 1290. The molecule has 3 rings (SSSR count). The lowest BCUT2D eigenvalue weighted by Crippen LogP contribution is -2.43. The molecule has 0 spiro atoms. The van der Waals surface area contributed by atoms with Crippen molar-refractivity contribution in [2.45, 2.75) is 25.4 Å². The van der Waals surface area contributed by atoms with Crippen molar-refractivity contribution in [2.75, 3.05) is 0 Å². The van der Waals surface area contributed by atoms with Gasteiger partial charge in [0.25, 0.3) is 0 Å². The minimum Gasteiger partial charge on any atom is -0.481 e. The Morgan fingerprint density at radius 2 is 1.76 bits per heavy atom. The fourth-order valence-corrected chi connectivity index (χ4v) is 4.45. The highest BCUT2D eigenvalue weighted by molar-refractivity contribution is 7.92. The minimum atomic E-state index is -4.12. The molecule has 0 saturated heterocycles. The lowest BCUT2D eigenvalue weighted by molar-refractivity contribution is -0.139. The van der Waals surface area contributed by atoms with Gasteiger partial charge in [-0.25, -0.2) is 13.1 Å². The maximum Gasteiger partial charge on any atom is 0.305 e. The van der Waals surface area contributed by atoms with Crippen molar-refractivity contribution in [3.63, 3.8) is 0 Å². The SMILES string of the molecule is O=C(O)CC(NS(=O)(=O)C=Cc1ccccc1)C(=O)Cn1nnc(Cc2c(Cl)cccc2Cl)n1. The summed E-state index contributed by atoms with van der Waals surface area (Å²) >= 11 is 12.3. The summed E-state index contributed by atoms with van der Waals surface area (Å²) in [6, 6.07) is 12.1. The number of nitrogens with zero attached hydrogens (tertiary/aromatic N) is 4. The summed E-state index contributed by atoms with van der Waals surface area (Å²) in [5, 5.41) is 22.5. The molecule has 13 heteroatoms. The van der Waals surface area contributed by atoms with Crippen molar-refractivity contribution < 1.29 is 23.1 Å². The number of aliphatic carboxylic acids is 1. The number of carbonyl (C=O) groups excluding carboxylic acids is 1. The monoisotopic (exact) mass is 523 g/mol. The van der Waals surface area contributed by atoms with Crippen LogP contribution in [-0.4, -0.2) is 51.5 Å². The number of sulfonamides is 1. The summed E-state index contributed by atoms with van der Waals surface area (Å²) in [5.74, 6) is -1.88. The highest BCUT2D eigenvalue weighted by Gasteiger charge is 2.26. The highest BCUT2D eigenvalue weighted by atomic mass is 35.5. The van der Waals surface area contributed by atoms with Crippen LogP contribution in [0.25, 0.3) is 6.08 Å². The van der Waals surface area contributed by atoms with Crippen LogP contribution in [0.15, 0.2) is 53.9 Å². The molecule has 0 amide bonds. The van der Waals surface area contributed by atoms with E-state index in [1.54, 1.807) is 48.5 Å². The normalized spacial score (nSPS) is 12.6. The molecule has 0 fully saturated rings. The molecule has 2 aromatic carbocycles. The van der Waals surface area contributed by atoms with Crippen LogP contribution in [0, 0.1) is 0 Å². The van der Waals surface area contributed by atoms with E-state index in [2.05, 4.69) is 20.1 Å². The van der Waals surface area contributed by atoms with E-state index in [1.165, 1.54) is 6.08 Å². The third kappa shape index (κ3) is 7.45. The molecule has 0 saturated carbocycles. The van der Waals surface area contributed by atoms with Gasteiger partial charge in [-0.05, 0) is 34.5 Å². The van der Waals surface area contributed by atoms with E-state index in [0.29, 0.717) is 21.2 Å². The Hall–Kier alpha value is -3.12. The second kappa shape index (κ2) is 11.3. The number of Topliss-reactive ketones (excluding diaryl/α,β-unsaturated/α-hetero) is 1. The van der Waals surface area contributed by atoms with Crippen molar-refractivity contribution in [2.24, 2.45) is 0 Å². The van der Waals surface area contributed by atoms with Crippen LogP contribution in [0.3, 0.4) is 0 Å². The molecule has 3 aromatic rings. The first-order valence-electron chi connectivity index (χ1n) is 9.82. The Labute approximate surface area is 205 Å². The van der Waals surface area contributed by atoms with Crippen molar-refractivity contribution in [1.82, 2.24) is 24.9 Å². The van der Waals surface area contributed by atoms with Crippen molar-refractivity contribution in [3.05, 3.63) is 80.9 Å². The van der Waals surface area contributed by atoms with E-state index < -0.39 is 40.8 Å². The topological polar surface area (TPSA) is 144 Å². The Morgan fingerprint density at radius 1 is 1.09 bits per heavy atom. The summed E-state index contributed by atoms with van der Waals surface area (Å²) in [5.41, 5.74) is 1.20. The average Bonchev–Trinajstić information content (AvgIpc) is 3.22. The van der Waals surface area contributed by atoms with Gasteiger partial charge in [0.15, 0.2) is 11.6 Å². The van der Waals surface area contributed by atoms with E-state index in [9.17, 15) is 18.0 Å². The number of carbonyl (C=O) groups is 2. The number of hydrogen-bond donors (Lipinski definition) is 2. The molecule has 1 unspecified atom stereocenters. The van der Waals surface area contributed by atoms with Gasteiger partial charge in [0, 0.05) is 21.9 Å². The predicted molar refractivity (Wildman–Crippen MR) is 126 cm³/mol. The molecule has 0 aliphatic carbocycles. The number of hydrogen-bond acceptors (Lipinski definition) is 7. The molecule has 0 aliphatic rings. The number of nitrogens with one attached hydrogen (secondary N) is 1. The predicted octanol–water partition coefficient (Wildman–Crippen LogP) is 2.57. The van der Waals surface area contributed by atoms with E-state index in [4.69, 9.17) is 28.3 Å². The molecular weight excluding hydrogens is 505 g/mol. The van der Waals surface area contributed by atoms with Gasteiger partial charge in [-0.1, -0.05) is 59.6 Å². The fraction of sp³-hybridized carbons (Fsp3) is 0.190. The maximum atomic E-state index is 12.7. The zero-order valence-corrected chi connectivity index (χ0v) is 19.8. The van der Waals surface area contributed by atoms with Gasteiger partial charge in [0.2, 0.25) is 10.0 Å². The van der Waals surface area contributed by atoms with Crippen LogP contribution in [0.1, 0.15) is 23.4 Å². The highest BCUT2D eigenvalue weighted by Crippen LogP contribution is 2.25. The second-order valence-electron chi connectivity index (χ2n) is 7.11. The zero-order chi connectivity index (χ0) is 24.7. The summed E-state index contributed by atoms with van der Waals surface area (Å²) in [6.45, 7) is -0.494. The van der Waals surface area contributed by atoms with Crippen molar-refractivity contribution >= 4 is 51.1 Å². The molecule has 2 N–H and O–H groups in total. The number of carboxylic acids is 1. The average molecular weight is 524 g/mol. The first-order valence-corrected chi connectivity index (χ1v) is 12.1. The molecule has 10 nitrogen and oxygen atoms in total. The van der Waals surface area contributed by atoms with Gasteiger partial charge < -0.3 is 5.11 Å². The molecule has 0 radical (unpaired) electrons. The molecular formula is C21H19Cl2N5O5S. The van der Waals surface area contributed by atoms with Crippen LogP contribution in [-0.2, 0) is 32.6 Å². The largest absolute Gasteiger partial charge is 0.481 e. The van der Waals surface area contributed by atoms with E-state index in [1.807, 2.05) is 0 Å². The molecule has 0 bridgehead atoms. The summed E-state index contributed by atoms with van der Waals surface area (Å²) < 4.78 is 26.9. The Kier molecular flexibility index (Phi) is 8.51. The van der Waals surface area contributed by atoms with Crippen LogP contribution in [0.2, 0.25) is 10.0 Å². The lowest BCUT2D eigenvalue weighted by Gasteiger charge is -2.14. The van der Waals surface area contributed by atoms with Gasteiger partial charge >= 0.3 is 5.97 Å². The number of tetrazole rings is 1. The number of aromatic nitrogens is 4. The molecule has 1 aromatic heterocycles. The van der Waals surface area contributed by atoms with Crippen LogP contribution < -0.4 is 4.72 Å². The van der Waals surface area contributed by atoms with Crippen molar-refractivity contribution in [3.8, 4) is 0 Å². The molecule has 34 heavy (non-hydrogen) atoms. The second-order valence-corrected chi connectivity index (χ2v) is 9.52. The number of rotatable bonds is 11. The molecule has 1 atom stereocenters. The minimum absolute atomic E-state index is 0.155. The first-order chi connectivity index (χ1) is 16.1. The maximum absolute atomic E-state index is 12.7. The summed E-state index contributed by atoms with van der Waals surface area (Å²) in [4.78, 5) is 24.9. The van der Waals surface area contributed by atoms with E-state index in [0.717, 1.165) is 10.2 Å². The van der Waals surface area contributed by atoms with Crippen LogP contribution in [0.4, 0.5) is 0 Å². The molecule has 1 heterocycles. The zero-order valence-electron chi connectivity index (χ0n) is 17.5. The number of ketones is 1. The van der Waals surface area contributed by atoms with Gasteiger partial charge in [-0.15, -0.1) is 10.2 Å². The van der Waals surface area contributed by atoms with Gasteiger partial charge in [0.1, 0.15) is 6.54 Å². The summed E-state index contributed by atoms with van der Waals surface area (Å²) in [7, 11) is -4.12.